The van der Waals surface area contributed by atoms with Gasteiger partial charge in [-0.3, -0.25) is 14.4 Å². The van der Waals surface area contributed by atoms with Crippen LogP contribution in [0.5, 0.6) is 0 Å². The first-order valence-electron chi connectivity index (χ1n) is 11.4. The fourth-order valence-electron chi connectivity index (χ4n) is 8.26. The number of Topliss-reactive ketones (excluding diaryl/α,β-unsaturated/α-hetero) is 2. The van der Waals surface area contributed by atoms with Crippen LogP contribution in [-0.2, 0) is 19.1 Å². The zero-order chi connectivity index (χ0) is 21.2. The molecule has 0 saturated heterocycles. The second kappa shape index (κ2) is 6.90. The van der Waals surface area contributed by atoms with E-state index in [0.717, 1.165) is 44.9 Å². The summed E-state index contributed by atoms with van der Waals surface area (Å²) < 4.78 is 4.98. The maximum atomic E-state index is 13.1. The molecule has 0 unspecified atom stereocenters. The van der Waals surface area contributed by atoms with Crippen LogP contribution in [0.2, 0.25) is 0 Å². The highest BCUT2D eigenvalue weighted by molar-refractivity contribution is 5.91. The van der Waals surface area contributed by atoms with E-state index in [1.54, 1.807) is 0 Å². The van der Waals surface area contributed by atoms with Crippen LogP contribution in [0.1, 0.15) is 79.1 Å². The van der Waals surface area contributed by atoms with Crippen molar-refractivity contribution in [2.45, 2.75) is 84.7 Å². The number of carbonyl (C=O) groups excluding carboxylic acids is 3. The summed E-state index contributed by atoms with van der Waals surface area (Å²) in [6.45, 7) is 7.44. The van der Waals surface area contributed by atoms with Gasteiger partial charge in [0.25, 0.3) is 0 Å². The van der Waals surface area contributed by atoms with Gasteiger partial charge in [0.1, 0.15) is 11.4 Å². The first-order valence-corrected chi connectivity index (χ1v) is 11.4. The molecule has 29 heavy (non-hydrogen) atoms. The number of fused-ring (bicyclic) bond motifs is 5. The largest absolute Gasteiger partial charge is 0.458 e. The summed E-state index contributed by atoms with van der Waals surface area (Å²) in [6, 6.07) is 0. The van der Waals surface area contributed by atoms with Gasteiger partial charge in [-0.15, -0.1) is 0 Å². The number of esters is 1. The molecule has 0 amide bonds. The Hall–Kier alpha value is -1.23. The van der Waals surface area contributed by atoms with Gasteiger partial charge in [-0.25, -0.2) is 0 Å². The van der Waals surface area contributed by atoms with Gasteiger partial charge in [0.2, 0.25) is 5.78 Å². The molecule has 4 saturated carbocycles. The second-order valence-corrected chi connectivity index (χ2v) is 11.0. The number of ether oxygens (including phenoxy) is 1. The summed E-state index contributed by atoms with van der Waals surface area (Å²) in [4.78, 5) is 36.3. The van der Waals surface area contributed by atoms with E-state index in [-0.39, 0.29) is 23.7 Å². The van der Waals surface area contributed by atoms with Crippen molar-refractivity contribution in [2.75, 3.05) is 6.61 Å². The Morgan fingerprint density at radius 1 is 1.14 bits per heavy atom. The lowest BCUT2D eigenvalue weighted by atomic mass is 9.44. The molecule has 4 aliphatic rings. The summed E-state index contributed by atoms with van der Waals surface area (Å²) in [5, 5.41) is 11.7. The topological polar surface area (TPSA) is 80.7 Å². The number of ketones is 2. The van der Waals surface area contributed by atoms with Gasteiger partial charge < -0.3 is 9.84 Å². The SMILES string of the molecule is CC(=O)OCC(=O)[C@@]1(O)[C@H](C)C[C@@H]2[C@@H]3CC[C@@H]4CC(=O)CC[C@]4(C)[C@H]3CC[C@@]21C. The van der Waals surface area contributed by atoms with E-state index in [2.05, 4.69) is 13.8 Å². The minimum atomic E-state index is -1.43. The van der Waals surface area contributed by atoms with E-state index in [1.165, 1.54) is 6.92 Å². The van der Waals surface area contributed by atoms with Crippen molar-refractivity contribution >= 4 is 17.5 Å². The van der Waals surface area contributed by atoms with Gasteiger partial charge in [0, 0.05) is 25.2 Å². The summed E-state index contributed by atoms with van der Waals surface area (Å²) in [5.74, 6) is 1.33. The van der Waals surface area contributed by atoms with Crippen LogP contribution in [0.4, 0.5) is 0 Å². The van der Waals surface area contributed by atoms with E-state index in [1.807, 2.05) is 6.92 Å². The van der Waals surface area contributed by atoms with Gasteiger partial charge in [0.05, 0.1) is 0 Å². The van der Waals surface area contributed by atoms with Crippen LogP contribution in [-0.4, -0.2) is 34.9 Å². The van der Waals surface area contributed by atoms with Crippen LogP contribution < -0.4 is 0 Å². The Kier molecular flexibility index (Phi) is 5.00. The molecular weight excluding hydrogens is 368 g/mol. The van der Waals surface area contributed by atoms with Crippen LogP contribution in [0.15, 0.2) is 0 Å². The third-order valence-electron chi connectivity index (χ3n) is 9.89. The standard InChI is InChI=1S/C24H36O5/c1-14-11-20-18-6-5-16-12-17(26)7-9-22(16,3)19(18)8-10-23(20,4)24(14,28)21(27)13-29-15(2)25/h14,16,18-20,28H,5-13H2,1-4H3/t14-,16-,18-,19+,20-,22+,23+,24+/m1/s1. The van der Waals surface area contributed by atoms with Crippen LogP contribution in [0, 0.1) is 40.4 Å². The van der Waals surface area contributed by atoms with Gasteiger partial charge in [-0.1, -0.05) is 20.8 Å². The zero-order valence-electron chi connectivity index (χ0n) is 18.3. The predicted octanol–water partition coefficient (Wildman–Crippen LogP) is 3.71. The average Bonchev–Trinajstić information content (AvgIpc) is 2.88. The number of hydrogen-bond donors (Lipinski definition) is 1. The molecule has 5 heteroatoms. The predicted molar refractivity (Wildman–Crippen MR) is 108 cm³/mol. The lowest BCUT2D eigenvalue weighted by Crippen LogP contribution is -2.60. The minimum absolute atomic E-state index is 0.141. The molecule has 8 atom stereocenters. The van der Waals surface area contributed by atoms with Crippen molar-refractivity contribution in [3.05, 3.63) is 0 Å². The number of aliphatic hydroxyl groups is 1. The Morgan fingerprint density at radius 2 is 1.86 bits per heavy atom. The van der Waals surface area contributed by atoms with Gasteiger partial charge in [-0.2, -0.15) is 0 Å². The normalized spacial score (nSPS) is 49.0. The van der Waals surface area contributed by atoms with Gasteiger partial charge >= 0.3 is 5.97 Å². The quantitative estimate of drug-likeness (QED) is 0.725. The third-order valence-corrected chi connectivity index (χ3v) is 9.89. The van der Waals surface area contributed by atoms with Gasteiger partial charge in [0.15, 0.2) is 6.61 Å². The Morgan fingerprint density at radius 3 is 2.55 bits per heavy atom. The summed E-state index contributed by atoms with van der Waals surface area (Å²) in [5.41, 5.74) is -1.69. The summed E-state index contributed by atoms with van der Waals surface area (Å²) in [7, 11) is 0. The smallest absolute Gasteiger partial charge is 0.303 e. The molecule has 0 heterocycles. The van der Waals surface area contributed by atoms with Crippen LogP contribution in [0.3, 0.4) is 0 Å². The molecule has 4 aliphatic carbocycles. The van der Waals surface area contributed by atoms with Gasteiger partial charge in [-0.05, 0) is 73.5 Å². The lowest BCUT2D eigenvalue weighted by Gasteiger charge is -2.60. The summed E-state index contributed by atoms with van der Waals surface area (Å²) in [6.07, 6.45) is 7.30. The molecule has 5 nitrogen and oxygen atoms in total. The molecule has 0 aliphatic heterocycles. The second-order valence-electron chi connectivity index (χ2n) is 11.0. The van der Waals surface area contributed by atoms with Crippen LogP contribution in [0.25, 0.3) is 0 Å². The molecular formula is C24H36O5. The molecule has 0 aromatic carbocycles. The average molecular weight is 405 g/mol. The third kappa shape index (κ3) is 2.86. The van der Waals surface area contributed by atoms with Crippen molar-refractivity contribution in [3.8, 4) is 0 Å². The maximum Gasteiger partial charge on any atom is 0.303 e. The Bertz CT molecular complexity index is 731. The van der Waals surface area contributed by atoms with Crippen molar-refractivity contribution in [1.29, 1.82) is 0 Å². The highest BCUT2D eigenvalue weighted by atomic mass is 16.5. The van der Waals surface area contributed by atoms with Crippen molar-refractivity contribution in [1.82, 2.24) is 0 Å². The minimum Gasteiger partial charge on any atom is -0.458 e. The highest BCUT2D eigenvalue weighted by Gasteiger charge is 2.69. The van der Waals surface area contributed by atoms with E-state index < -0.39 is 17.0 Å². The summed E-state index contributed by atoms with van der Waals surface area (Å²) >= 11 is 0. The first kappa shape index (κ1) is 21.0. The maximum absolute atomic E-state index is 13.1. The molecule has 0 spiro atoms. The van der Waals surface area contributed by atoms with Crippen LogP contribution >= 0.6 is 0 Å². The molecule has 0 radical (unpaired) electrons. The number of hydrogen-bond acceptors (Lipinski definition) is 5. The fraction of sp³-hybridized carbons (Fsp3) is 0.875. The first-order chi connectivity index (χ1) is 13.5. The molecule has 0 bridgehead atoms. The number of rotatable bonds is 3. The lowest BCUT2D eigenvalue weighted by molar-refractivity contribution is -0.179. The van der Waals surface area contributed by atoms with E-state index >= 15 is 0 Å². The van der Waals surface area contributed by atoms with E-state index in [9.17, 15) is 19.5 Å². The molecule has 0 aromatic rings. The molecule has 1 N–H and O–H groups in total. The van der Waals surface area contributed by atoms with Crippen molar-refractivity contribution in [2.24, 2.45) is 40.4 Å². The zero-order valence-corrected chi connectivity index (χ0v) is 18.3. The Labute approximate surface area is 174 Å². The molecule has 0 aromatic heterocycles. The van der Waals surface area contributed by atoms with Crippen molar-refractivity contribution in [3.63, 3.8) is 0 Å². The Balaban J connectivity index is 1.62. The van der Waals surface area contributed by atoms with E-state index in [0.29, 0.717) is 35.9 Å². The monoisotopic (exact) mass is 404 g/mol. The fourth-order valence-corrected chi connectivity index (χ4v) is 8.26. The molecule has 4 fully saturated rings. The molecule has 4 rings (SSSR count). The highest BCUT2D eigenvalue weighted by Crippen LogP contribution is 2.69. The van der Waals surface area contributed by atoms with Crippen molar-refractivity contribution < 1.29 is 24.2 Å². The molecule has 162 valence electrons. The van der Waals surface area contributed by atoms with E-state index in [4.69, 9.17) is 4.74 Å². The number of carbonyl (C=O) groups is 3.